The number of fused-ring (bicyclic) bond motifs is 3. The summed E-state index contributed by atoms with van der Waals surface area (Å²) in [6, 6.07) is 5.52. The number of carboxylic acids is 1. The largest absolute Gasteiger partial charge is 0.494 e. The Kier molecular flexibility index (Phi) is 2.30. The van der Waals surface area contributed by atoms with Gasteiger partial charge in [0.15, 0.2) is 5.69 Å². The Morgan fingerprint density at radius 2 is 2.33 bits per heavy atom. The molecule has 18 heavy (non-hydrogen) atoms. The third-order valence-electron chi connectivity index (χ3n) is 2.73. The van der Waals surface area contributed by atoms with Crippen molar-refractivity contribution in [1.82, 2.24) is 14.4 Å². The van der Waals surface area contributed by atoms with Crippen LogP contribution < -0.4 is 4.74 Å². The third kappa shape index (κ3) is 1.34. The topological polar surface area (TPSA) is 79.6 Å². The predicted octanol–water partition coefficient (Wildman–Crippen LogP) is 2.28. The Balaban J connectivity index is 2.45. The molecule has 0 unspecified atom stereocenters. The number of nitrogens with zero attached hydrogens (tertiary/aromatic N) is 2. The van der Waals surface area contributed by atoms with Gasteiger partial charge in [0.1, 0.15) is 15.9 Å². The van der Waals surface area contributed by atoms with Gasteiger partial charge >= 0.3 is 5.97 Å². The smallest absolute Gasteiger partial charge is 0.357 e. The monoisotopic (exact) mass is 309 g/mol. The minimum atomic E-state index is -1.07. The first-order chi connectivity index (χ1) is 8.63. The number of rotatable bonds is 2. The molecule has 0 aliphatic rings. The van der Waals surface area contributed by atoms with Crippen LogP contribution in [0.5, 0.6) is 5.75 Å². The lowest BCUT2D eigenvalue weighted by Crippen LogP contribution is -1.97. The van der Waals surface area contributed by atoms with Gasteiger partial charge < -0.3 is 14.8 Å². The molecule has 0 atom stereocenters. The first-order valence-corrected chi connectivity index (χ1v) is 5.88. The first-order valence-electron chi connectivity index (χ1n) is 5.09. The highest BCUT2D eigenvalue weighted by Crippen LogP contribution is 2.29. The van der Waals surface area contributed by atoms with Gasteiger partial charge in [-0.3, -0.25) is 4.40 Å². The molecule has 0 radical (unpaired) electrons. The van der Waals surface area contributed by atoms with E-state index in [-0.39, 0.29) is 5.69 Å². The number of imidazole rings is 2. The summed E-state index contributed by atoms with van der Waals surface area (Å²) in [6.07, 6.45) is 0. The van der Waals surface area contributed by atoms with Gasteiger partial charge in [0.25, 0.3) is 0 Å². The van der Waals surface area contributed by atoms with Crippen LogP contribution in [-0.2, 0) is 0 Å². The summed E-state index contributed by atoms with van der Waals surface area (Å²) >= 11 is 3.26. The Hall–Kier alpha value is -2.02. The minimum Gasteiger partial charge on any atom is -0.494 e. The average molecular weight is 310 g/mol. The van der Waals surface area contributed by atoms with Crippen LogP contribution in [0.1, 0.15) is 10.5 Å². The third-order valence-corrected chi connectivity index (χ3v) is 3.46. The number of carboxylic acid groups (broad SMARTS) is 1. The van der Waals surface area contributed by atoms with Gasteiger partial charge in [-0.15, -0.1) is 0 Å². The molecular weight excluding hydrogens is 302 g/mol. The van der Waals surface area contributed by atoms with E-state index >= 15 is 0 Å². The van der Waals surface area contributed by atoms with Crippen LogP contribution in [0.25, 0.3) is 16.8 Å². The van der Waals surface area contributed by atoms with Crippen molar-refractivity contribution in [1.29, 1.82) is 0 Å². The highest BCUT2D eigenvalue weighted by atomic mass is 79.9. The second kappa shape index (κ2) is 3.74. The molecule has 0 saturated carbocycles. The molecule has 1 aromatic carbocycles. The molecule has 0 aliphatic heterocycles. The van der Waals surface area contributed by atoms with E-state index in [4.69, 9.17) is 9.84 Å². The van der Waals surface area contributed by atoms with Gasteiger partial charge in [-0.2, -0.15) is 0 Å². The number of ether oxygens (including phenoxy) is 1. The summed E-state index contributed by atoms with van der Waals surface area (Å²) in [5, 5.41) is 9.01. The number of H-pyrrole nitrogens is 1. The Bertz CT molecular complexity index is 775. The van der Waals surface area contributed by atoms with Gasteiger partial charge in [-0.25, -0.2) is 9.78 Å². The molecule has 0 spiro atoms. The molecule has 0 aliphatic carbocycles. The fourth-order valence-corrected chi connectivity index (χ4v) is 2.57. The molecule has 0 bridgehead atoms. The van der Waals surface area contributed by atoms with Gasteiger partial charge in [-0.05, 0) is 28.1 Å². The van der Waals surface area contributed by atoms with Gasteiger partial charge in [0, 0.05) is 0 Å². The van der Waals surface area contributed by atoms with Crippen LogP contribution in [-0.4, -0.2) is 32.6 Å². The maximum atomic E-state index is 11.0. The zero-order chi connectivity index (χ0) is 12.9. The lowest BCUT2D eigenvalue weighted by Gasteiger charge is -2.00. The number of hydrogen-bond donors (Lipinski definition) is 2. The van der Waals surface area contributed by atoms with Crippen LogP contribution in [0.4, 0.5) is 0 Å². The number of carbonyl (C=O) groups is 1. The Morgan fingerprint density at radius 3 is 3.00 bits per heavy atom. The standard InChI is InChI=1S/C11H8BrN3O3/c1-18-6-4-2-3-5-7(6)13-11-14-8(10(16)17)9(12)15(5)11/h2-4H,1H3,(H,13,14)(H,16,17). The zero-order valence-corrected chi connectivity index (χ0v) is 10.9. The van der Waals surface area contributed by atoms with E-state index in [1.807, 2.05) is 18.2 Å². The molecule has 0 amide bonds. The van der Waals surface area contributed by atoms with Crippen molar-refractivity contribution in [2.24, 2.45) is 0 Å². The number of halogens is 1. The quantitative estimate of drug-likeness (QED) is 0.761. The fourth-order valence-electron chi connectivity index (χ4n) is 1.95. The summed E-state index contributed by atoms with van der Waals surface area (Å²) in [5.41, 5.74) is 1.56. The minimum absolute atomic E-state index is 0.0223. The van der Waals surface area contributed by atoms with Crippen LogP contribution >= 0.6 is 15.9 Å². The van der Waals surface area contributed by atoms with Crippen molar-refractivity contribution in [3.8, 4) is 5.75 Å². The van der Waals surface area contributed by atoms with E-state index in [1.165, 1.54) is 0 Å². The molecule has 2 aromatic heterocycles. The number of hydrogen-bond acceptors (Lipinski definition) is 3. The van der Waals surface area contributed by atoms with E-state index in [1.54, 1.807) is 11.5 Å². The van der Waals surface area contributed by atoms with Gasteiger partial charge in [0.05, 0.1) is 12.6 Å². The van der Waals surface area contributed by atoms with E-state index in [0.29, 0.717) is 16.1 Å². The van der Waals surface area contributed by atoms with Crippen LogP contribution in [0.15, 0.2) is 22.8 Å². The number of aromatic amines is 1. The summed E-state index contributed by atoms with van der Waals surface area (Å²) in [7, 11) is 1.58. The Morgan fingerprint density at radius 1 is 1.56 bits per heavy atom. The number of nitrogens with one attached hydrogen (secondary N) is 1. The molecule has 6 nitrogen and oxygen atoms in total. The molecular formula is C11H8BrN3O3. The average Bonchev–Trinajstić information content (AvgIpc) is 2.86. The molecule has 3 aromatic rings. The van der Waals surface area contributed by atoms with Crippen LogP contribution in [0, 0.1) is 0 Å². The summed E-state index contributed by atoms with van der Waals surface area (Å²) in [4.78, 5) is 18.1. The van der Waals surface area contributed by atoms with Crippen molar-refractivity contribution in [2.45, 2.75) is 0 Å². The predicted molar refractivity (Wildman–Crippen MR) is 68.3 cm³/mol. The van der Waals surface area contributed by atoms with E-state index in [9.17, 15) is 4.79 Å². The lowest BCUT2D eigenvalue weighted by molar-refractivity contribution is 0.0690. The van der Waals surface area contributed by atoms with E-state index in [0.717, 1.165) is 11.0 Å². The molecule has 92 valence electrons. The van der Waals surface area contributed by atoms with Crippen molar-refractivity contribution >= 4 is 38.7 Å². The number of aromatic carboxylic acids is 1. The SMILES string of the molecule is COc1cccc2c1[nH]c1nc(C(=O)O)c(Br)n12. The Labute approximate surface area is 109 Å². The number of benzene rings is 1. The van der Waals surface area contributed by atoms with Crippen molar-refractivity contribution in [2.75, 3.05) is 7.11 Å². The summed E-state index contributed by atoms with van der Waals surface area (Å²) < 4.78 is 7.34. The highest BCUT2D eigenvalue weighted by molar-refractivity contribution is 9.10. The summed E-state index contributed by atoms with van der Waals surface area (Å²) in [5.74, 6) is 0.0653. The van der Waals surface area contributed by atoms with Gasteiger partial charge in [-0.1, -0.05) is 6.07 Å². The van der Waals surface area contributed by atoms with Crippen LogP contribution in [0.3, 0.4) is 0 Å². The number of para-hydroxylation sites is 1. The second-order valence-corrected chi connectivity index (χ2v) is 4.45. The summed E-state index contributed by atoms with van der Waals surface area (Å²) in [6.45, 7) is 0. The molecule has 7 heteroatoms. The van der Waals surface area contributed by atoms with Crippen molar-refractivity contribution in [3.05, 3.63) is 28.5 Å². The van der Waals surface area contributed by atoms with Crippen molar-refractivity contribution in [3.63, 3.8) is 0 Å². The van der Waals surface area contributed by atoms with Gasteiger partial charge in [0.2, 0.25) is 5.78 Å². The zero-order valence-electron chi connectivity index (χ0n) is 9.27. The molecule has 2 N–H and O–H groups in total. The molecule has 2 heterocycles. The van der Waals surface area contributed by atoms with E-state index < -0.39 is 5.97 Å². The number of aromatic nitrogens is 3. The van der Waals surface area contributed by atoms with Crippen molar-refractivity contribution < 1.29 is 14.6 Å². The maximum Gasteiger partial charge on any atom is 0.357 e. The van der Waals surface area contributed by atoms with Crippen LogP contribution in [0.2, 0.25) is 0 Å². The first kappa shape index (κ1) is 11.1. The van der Waals surface area contributed by atoms with E-state index in [2.05, 4.69) is 25.9 Å². The highest BCUT2D eigenvalue weighted by Gasteiger charge is 2.20. The molecule has 0 saturated heterocycles. The molecule has 0 fully saturated rings. The maximum absolute atomic E-state index is 11.0. The lowest BCUT2D eigenvalue weighted by atomic mass is 10.3. The normalized spacial score (nSPS) is 11.2. The second-order valence-electron chi connectivity index (χ2n) is 3.69. The number of methoxy groups -OCH3 is 1. The fraction of sp³-hybridized carbons (Fsp3) is 0.0909. The molecule has 3 rings (SSSR count).